The quantitative estimate of drug-likeness (QED) is 0.586. The van der Waals surface area contributed by atoms with Gasteiger partial charge in [-0.3, -0.25) is 0 Å². The van der Waals surface area contributed by atoms with Gasteiger partial charge in [0.25, 0.3) is 0 Å². The van der Waals surface area contributed by atoms with E-state index in [2.05, 4.69) is 0 Å². The van der Waals surface area contributed by atoms with Crippen LogP contribution in [0.2, 0.25) is 10.0 Å². The molecule has 106 valence electrons. The maximum Gasteiger partial charge on any atom is 0.337 e. The first-order valence-corrected chi connectivity index (χ1v) is 7.47. The third-order valence-electron chi connectivity index (χ3n) is 2.80. The lowest BCUT2D eigenvalue weighted by atomic mass is 10.2. The lowest BCUT2D eigenvalue weighted by molar-refractivity contribution is 0.555. The van der Waals surface area contributed by atoms with Crippen molar-refractivity contribution in [1.82, 2.24) is 0 Å². The molecule has 1 heterocycles. The van der Waals surface area contributed by atoms with Crippen LogP contribution < -0.4 is 5.63 Å². The molecule has 2 aromatic carbocycles. The SMILES string of the molecule is O=c1cc(Sc2c(Cl)cccc2Cl)c2cc(F)ccc2o1. The van der Waals surface area contributed by atoms with E-state index < -0.39 is 11.4 Å². The number of hydrogen-bond acceptors (Lipinski definition) is 3. The first kappa shape index (κ1) is 14.4. The van der Waals surface area contributed by atoms with Gasteiger partial charge >= 0.3 is 5.63 Å². The van der Waals surface area contributed by atoms with Gasteiger partial charge in [0, 0.05) is 21.2 Å². The zero-order valence-electron chi connectivity index (χ0n) is 10.4. The van der Waals surface area contributed by atoms with Gasteiger partial charge in [0.1, 0.15) is 11.4 Å². The summed E-state index contributed by atoms with van der Waals surface area (Å²) in [4.78, 5) is 12.8. The molecular formula is C15H7Cl2FO2S. The summed E-state index contributed by atoms with van der Waals surface area (Å²) in [5.74, 6) is -0.413. The van der Waals surface area contributed by atoms with Gasteiger partial charge in [0.05, 0.1) is 10.0 Å². The maximum absolute atomic E-state index is 13.4. The Morgan fingerprint density at radius 1 is 1.05 bits per heavy atom. The zero-order chi connectivity index (χ0) is 15.0. The summed E-state index contributed by atoms with van der Waals surface area (Å²) in [5, 5.41) is 1.42. The van der Waals surface area contributed by atoms with Crippen LogP contribution in [-0.2, 0) is 0 Å². The molecule has 0 fully saturated rings. The van der Waals surface area contributed by atoms with E-state index in [1.165, 1.54) is 36.0 Å². The molecule has 0 saturated carbocycles. The van der Waals surface area contributed by atoms with E-state index in [1.54, 1.807) is 18.2 Å². The van der Waals surface area contributed by atoms with Crippen molar-refractivity contribution in [2.75, 3.05) is 0 Å². The van der Waals surface area contributed by atoms with E-state index in [0.717, 1.165) is 0 Å². The summed E-state index contributed by atoms with van der Waals surface area (Å²) in [6, 6.07) is 10.4. The third kappa shape index (κ3) is 2.93. The summed E-state index contributed by atoms with van der Waals surface area (Å²) in [6.07, 6.45) is 0. The number of fused-ring (bicyclic) bond motifs is 1. The van der Waals surface area contributed by atoms with Crippen LogP contribution in [0.3, 0.4) is 0 Å². The van der Waals surface area contributed by atoms with E-state index in [9.17, 15) is 9.18 Å². The van der Waals surface area contributed by atoms with Crippen LogP contribution in [0.15, 0.2) is 61.5 Å². The van der Waals surface area contributed by atoms with Gasteiger partial charge in [0.15, 0.2) is 0 Å². The van der Waals surface area contributed by atoms with E-state index in [-0.39, 0.29) is 0 Å². The standard InChI is InChI=1S/C15H7Cl2FO2S/c16-10-2-1-3-11(17)15(10)21-13-7-14(19)20-12-5-4-8(18)6-9(12)13/h1-7H. The second-order valence-electron chi connectivity index (χ2n) is 4.22. The fourth-order valence-electron chi connectivity index (χ4n) is 1.88. The van der Waals surface area contributed by atoms with Crippen LogP contribution in [-0.4, -0.2) is 0 Å². The van der Waals surface area contributed by atoms with Crippen molar-refractivity contribution in [2.45, 2.75) is 9.79 Å². The molecule has 0 atom stereocenters. The highest BCUT2D eigenvalue weighted by Crippen LogP contribution is 2.40. The van der Waals surface area contributed by atoms with Gasteiger partial charge in [-0.15, -0.1) is 0 Å². The molecule has 0 spiro atoms. The topological polar surface area (TPSA) is 30.2 Å². The van der Waals surface area contributed by atoms with Gasteiger partial charge in [-0.05, 0) is 30.3 Å². The first-order chi connectivity index (χ1) is 10.0. The average molecular weight is 341 g/mol. The summed E-state index contributed by atoms with van der Waals surface area (Å²) >= 11 is 13.4. The number of hydrogen-bond donors (Lipinski definition) is 0. The van der Waals surface area contributed by atoms with Crippen LogP contribution in [0.1, 0.15) is 0 Å². The molecule has 6 heteroatoms. The number of halogens is 3. The molecule has 0 saturated heterocycles. The molecule has 0 bridgehead atoms. The minimum Gasteiger partial charge on any atom is -0.423 e. The lowest BCUT2D eigenvalue weighted by Crippen LogP contribution is -1.97. The lowest BCUT2D eigenvalue weighted by Gasteiger charge is -2.08. The fourth-order valence-corrected chi connectivity index (χ4v) is 3.49. The minimum absolute atomic E-state index is 0.314. The summed E-state index contributed by atoms with van der Waals surface area (Å²) < 4.78 is 18.5. The smallest absolute Gasteiger partial charge is 0.337 e. The second kappa shape index (κ2) is 5.72. The molecule has 0 radical (unpaired) electrons. The van der Waals surface area contributed by atoms with Gasteiger partial charge in [0.2, 0.25) is 0 Å². The molecular weight excluding hydrogens is 334 g/mol. The van der Waals surface area contributed by atoms with Crippen molar-refractivity contribution in [1.29, 1.82) is 0 Å². The van der Waals surface area contributed by atoms with Crippen LogP contribution in [0.5, 0.6) is 0 Å². The van der Waals surface area contributed by atoms with Crippen molar-refractivity contribution in [2.24, 2.45) is 0 Å². The second-order valence-corrected chi connectivity index (χ2v) is 6.09. The zero-order valence-corrected chi connectivity index (χ0v) is 12.7. The Bertz CT molecular complexity index is 872. The van der Waals surface area contributed by atoms with E-state index in [1.807, 2.05) is 0 Å². The first-order valence-electron chi connectivity index (χ1n) is 5.90. The number of benzene rings is 2. The average Bonchev–Trinajstić information content (AvgIpc) is 2.43. The fraction of sp³-hybridized carbons (Fsp3) is 0. The number of rotatable bonds is 2. The molecule has 3 aromatic rings. The van der Waals surface area contributed by atoms with Gasteiger partial charge < -0.3 is 4.42 Å². The molecule has 0 aliphatic heterocycles. The Balaban J connectivity index is 2.20. The van der Waals surface area contributed by atoms with Crippen LogP contribution >= 0.6 is 35.0 Å². The van der Waals surface area contributed by atoms with Crippen molar-refractivity contribution < 1.29 is 8.81 Å². The van der Waals surface area contributed by atoms with E-state index in [0.29, 0.717) is 30.8 Å². The molecule has 0 unspecified atom stereocenters. The Labute approximate surface area is 133 Å². The monoisotopic (exact) mass is 340 g/mol. The molecule has 3 rings (SSSR count). The molecule has 1 aromatic heterocycles. The van der Waals surface area contributed by atoms with Crippen molar-refractivity contribution in [3.05, 3.63) is 68.7 Å². The molecule has 0 N–H and O–H groups in total. The highest BCUT2D eigenvalue weighted by molar-refractivity contribution is 7.99. The van der Waals surface area contributed by atoms with Crippen molar-refractivity contribution >= 4 is 45.9 Å². The largest absolute Gasteiger partial charge is 0.423 e. The van der Waals surface area contributed by atoms with E-state index >= 15 is 0 Å². The minimum atomic E-state index is -0.514. The van der Waals surface area contributed by atoms with Crippen molar-refractivity contribution in [3.63, 3.8) is 0 Å². The summed E-state index contributed by atoms with van der Waals surface area (Å²) in [6.45, 7) is 0. The molecule has 0 amide bonds. The van der Waals surface area contributed by atoms with Crippen LogP contribution in [0.25, 0.3) is 11.0 Å². The highest BCUT2D eigenvalue weighted by Gasteiger charge is 2.12. The van der Waals surface area contributed by atoms with Gasteiger partial charge in [-0.2, -0.15) is 0 Å². The Morgan fingerprint density at radius 3 is 2.48 bits per heavy atom. The third-order valence-corrected chi connectivity index (χ3v) is 4.85. The summed E-state index contributed by atoms with van der Waals surface area (Å²) in [7, 11) is 0. The van der Waals surface area contributed by atoms with Crippen molar-refractivity contribution in [3.8, 4) is 0 Å². The molecule has 0 aliphatic rings. The Morgan fingerprint density at radius 2 is 1.76 bits per heavy atom. The van der Waals surface area contributed by atoms with Gasteiger partial charge in [-0.25, -0.2) is 9.18 Å². The Kier molecular flexibility index (Phi) is 3.93. The maximum atomic E-state index is 13.4. The highest BCUT2D eigenvalue weighted by atomic mass is 35.5. The predicted molar refractivity (Wildman–Crippen MR) is 83.0 cm³/mol. The van der Waals surface area contributed by atoms with Crippen LogP contribution in [0, 0.1) is 5.82 Å². The molecule has 0 aliphatic carbocycles. The molecule has 21 heavy (non-hydrogen) atoms. The van der Waals surface area contributed by atoms with Gasteiger partial charge in [-0.1, -0.05) is 41.0 Å². The van der Waals surface area contributed by atoms with E-state index in [4.69, 9.17) is 27.6 Å². The van der Waals surface area contributed by atoms with Crippen LogP contribution in [0.4, 0.5) is 4.39 Å². The normalized spacial score (nSPS) is 11.0. The molecule has 2 nitrogen and oxygen atoms in total. The predicted octanol–water partition coefficient (Wildman–Crippen LogP) is 5.39. The Hall–Kier alpha value is -1.49. The summed E-state index contributed by atoms with van der Waals surface area (Å²) in [5.41, 5.74) is -0.200.